The van der Waals surface area contributed by atoms with Crippen molar-refractivity contribution in [2.24, 2.45) is 4.99 Å². The van der Waals surface area contributed by atoms with Crippen LogP contribution in [-0.2, 0) is 13.0 Å². The fourth-order valence-corrected chi connectivity index (χ4v) is 2.71. The molecule has 6 heteroatoms. The zero-order chi connectivity index (χ0) is 18.0. The van der Waals surface area contributed by atoms with Gasteiger partial charge in [-0.3, -0.25) is 9.56 Å². The molecule has 2 aromatic carbocycles. The van der Waals surface area contributed by atoms with Gasteiger partial charge in [-0.1, -0.05) is 48.5 Å². The Morgan fingerprint density at radius 2 is 1.73 bits per heavy atom. The van der Waals surface area contributed by atoms with Crippen molar-refractivity contribution in [1.82, 2.24) is 25.4 Å². The van der Waals surface area contributed by atoms with Crippen molar-refractivity contribution in [2.45, 2.75) is 19.4 Å². The molecule has 0 bridgehead atoms. The van der Waals surface area contributed by atoms with Gasteiger partial charge in [0.1, 0.15) is 6.33 Å². The zero-order valence-electron chi connectivity index (χ0n) is 15.0. The number of rotatable bonds is 7. The minimum Gasteiger partial charge on any atom is -0.356 e. The van der Waals surface area contributed by atoms with Gasteiger partial charge >= 0.3 is 0 Å². The lowest BCUT2D eigenvalue weighted by Crippen LogP contribution is -2.38. The number of aliphatic imine (C=N–C) groups is 1. The Bertz CT molecular complexity index is 811. The summed E-state index contributed by atoms with van der Waals surface area (Å²) in [6.45, 7) is 1.41. The van der Waals surface area contributed by atoms with E-state index in [2.05, 4.69) is 50.1 Å². The maximum absolute atomic E-state index is 4.27. The van der Waals surface area contributed by atoms with Gasteiger partial charge in [0.15, 0.2) is 11.8 Å². The number of para-hydroxylation sites is 1. The lowest BCUT2D eigenvalue weighted by atomic mass is 10.1. The van der Waals surface area contributed by atoms with Gasteiger partial charge in [0.2, 0.25) is 0 Å². The Morgan fingerprint density at radius 1 is 1.00 bits per heavy atom. The number of benzene rings is 2. The molecule has 2 N–H and O–H groups in total. The highest BCUT2D eigenvalue weighted by atomic mass is 15.3. The average Bonchev–Trinajstić information content (AvgIpc) is 3.17. The molecule has 1 aromatic heterocycles. The van der Waals surface area contributed by atoms with Crippen LogP contribution in [0.5, 0.6) is 0 Å². The van der Waals surface area contributed by atoms with Gasteiger partial charge in [-0.25, -0.2) is 0 Å². The van der Waals surface area contributed by atoms with Crippen LogP contribution in [0.25, 0.3) is 5.69 Å². The molecule has 6 nitrogen and oxygen atoms in total. The third kappa shape index (κ3) is 4.92. The molecule has 3 aromatic rings. The van der Waals surface area contributed by atoms with Crippen molar-refractivity contribution in [2.75, 3.05) is 13.6 Å². The van der Waals surface area contributed by atoms with E-state index >= 15 is 0 Å². The topological polar surface area (TPSA) is 67.1 Å². The average molecular weight is 348 g/mol. The second kappa shape index (κ2) is 9.36. The molecule has 0 aliphatic heterocycles. The quantitative estimate of drug-likeness (QED) is 0.391. The Labute approximate surface area is 154 Å². The molecule has 0 unspecified atom stereocenters. The van der Waals surface area contributed by atoms with Gasteiger partial charge in [0.05, 0.1) is 6.54 Å². The molecule has 0 fully saturated rings. The second-order valence-corrected chi connectivity index (χ2v) is 5.89. The molecule has 0 aliphatic rings. The molecular formula is C20H24N6. The van der Waals surface area contributed by atoms with E-state index in [9.17, 15) is 0 Å². The molecule has 134 valence electrons. The summed E-state index contributed by atoms with van der Waals surface area (Å²) in [7, 11) is 1.77. The van der Waals surface area contributed by atoms with Crippen molar-refractivity contribution in [3.63, 3.8) is 0 Å². The third-order valence-corrected chi connectivity index (χ3v) is 4.07. The predicted molar refractivity (Wildman–Crippen MR) is 104 cm³/mol. The number of nitrogens with zero attached hydrogens (tertiary/aromatic N) is 4. The smallest absolute Gasteiger partial charge is 0.191 e. The standard InChI is InChI=1S/C20H24N6/c1-21-20(22-14-8-11-17-9-4-2-5-10-17)23-15-19-25-24-16-26(19)18-12-6-3-7-13-18/h2-7,9-10,12-13,16H,8,11,14-15H2,1H3,(H2,21,22,23). The molecule has 1 heterocycles. The zero-order valence-corrected chi connectivity index (χ0v) is 15.0. The van der Waals surface area contributed by atoms with Crippen LogP contribution in [0, 0.1) is 0 Å². The molecule has 26 heavy (non-hydrogen) atoms. The summed E-state index contributed by atoms with van der Waals surface area (Å²) < 4.78 is 1.97. The van der Waals surface area contributed by atoms with E-state index in [1.54, 1.807) is 13.4 Å². The number of hydrogen-bond acceptors (Lipinski definition) is 3. The van der Waals surface area contributed by atoms with Crippen LogP contribution < -0.4 is 10.6 Å². The lowest BCUT2D eigenvalue weighted by molar-refractivity contribution is 0.723. The molecule has 0 saturated heterocycles. The van der Waals surface area contributed by atoms with Gasteiger partial charge in [0, 0.05) is 19.3 Å². The Morgan fingerprint density at radius 3 is 2.46 bits per heavy atom. The number of aromatic nitrogens is 3. The van der Waals surface area contributed by atoms with Crippen molar-refractivity contribution < 1.29 is 0 Å². The normalized spacial score (nSPS) is 11.3. The van der Waals surface area contributed by atoms with Crippen LogP contribution in [0.15, 0.2) is 72.0 Å². The van der Waals surface area contributed by atoms with Crippen molar-refractivity contribution in [3.05, 3.63) is 78.4 Å². The largest absolute Gasteiger partial charge is 0.356 e. The van der Waals surface area contributed by atoms with E-state index in [1.807, 2.05) is 41.0 Å². The summed E-state index contributed by atoms with van der Waals surface area (Å²) in [5.74, 6) is 1.60. The SMILES string of the molecule is CN=C(NCCCc1ccccc1)NCc1nncn1-c1ccccc1. The number of hydrogen-bond donors (Lipinski definition) is 2. The highest BCUT2D eigenvalue weighted by molar-refractivity contribution is 5.79. The number of nitrogens with one attached hydrogen (secondary N) is 2. The molecule has 0 aliphatic carbocycles. The summed E-state index contributed by atoms with van der Waals surface area (Å²) >= 11 is 0. The van der Waals surface area contributed by atoms with Crippen LogP contribution in [0.1, 0.15) is 17.8 Å². The van der Waals surface area contributed by atoms with E-state index in [-0.39, 0.29) is 0 Å². The number of guanidine groups is 1. The van der Waals surface area contributed by atoms with Gasteiger partial charge in [0.25, 0.3) is 0 Å². The molecule has 3 rings (SSSR count). The first-order valence-corrected chi connectivity index (χ1v) is 8.79. The van der Waals surface area contributed by atoms with E-state index in [1.165, 1.54) is 5.56 Å². The highest BCUT2D eigenvalue weighted by Gasteiger charge is 2.07. The Kier molecular flexibility index (Phi) is 6.36. The van der Waals surface area contributed by atoms with Crippen LogP contribution in [0.3, 0.4) is 0 Å². The first-order valence-electron chi connectivity index (χ1n) is 8.79. The Hall–Kier alpha value is -3.15. The first kappa shape index (κ1) is 17.7. The monoisotopic (exact) mass is 348 g/mol. The van der Waals surface area contributed by atoms with Crippen molar-refractivity contribution in [3.8, 4) is 5.69 Å². The van der Waals surface area contributed by atoms with E-state index < -0.39 is 0 Å². The first-order chi connectivity index (χ1) is 12.9. The fraction of sp³-hybridized carbons (Fsp3) is 0.250. The van der Waals surface area contributed by atoms with E-state index in [0.717, 1.165) is 36.9 Å². The summed E-state index contributed by atoms with van der Waals surface area (Å²) in [6, 6.07) is 20.6. The molecule has 0 saturated carbocycles. The predicted octanol–water partition coefficient (Wildman–Crippen LogP) is 2.57. The molecule has 0 amide bonds. The molecule has 0 radical (unpaired) electrons. The third-order valence-electron chi connectivity index (χ3n) is 4.07. The minimum atomic E-state index is 0.549. The van der Waals surface area contributed by atoms with Crippen LogP contribution in [-0.4, -0.2) is 34.3 Å². The second-order valence-electron chi connectivity index (χ2n) is 5.89. The summed E-state index contributed by atoms with van der Waals surface area (Å²) in [4.78, 5) is 4.27. The highest BCUT2D eigenvalue weighted by Crippen LogP contribution is 2.08. The van der Waals surface area contributed by atoms with Gasteiger partial charge in [-0.05, 0) is 30.5 Å². The van der Waals surface area contributed by atoms with Gasteiger partial charge in [-0.15, -0.1) is 10.2 Å². The Balaban J connectivity index is 1.47. The molecule has 0 atom stereocenters. The van der Waals surface area contributed by atoms with E-state index in [0.29, 0.717) is 6.54 Å². The summed E-state index contributed by atoms with van der Waals surface area (Å²) in [6.07, 6.45) is 3.82. The molecular weight excluding hydrogens is 324 g/mol. The number of aryl methyl sites for hydroxylation is 1. The van der Waals surface area contributed by atoms with Crippen molar-refractivity contribution in [1.29, 1.82) is 0 Å². The molecule has 0 spiro atoms. The van der Waals surface area contributed by atoms with Gasteiger partial charge < -0.3 is 10.6 Å². The maximum atomic E-state index is 4.27. The fourth-order valence-electron chi connectivity index (χ4n) is 2.71. The minimum absolute atomic E-state index is 0.549. The lowest BCUT2D eigenvalue weighted by Gasteiger charge is -2.12. The van der Waals surface area contributed by atoms with Crippen LogP contribution in [0.4, 0.5) is 0 Å². The maximum Gasteiger partial charge on any atom is 0.191 e. The summed E-state index contributed by atoms with van der Waals surface area (Å²) in [5, 5.41) is 14.9. The van der Waals surface area contributed by atoms with Crippen LogP contribution >= 0.6 is 0 Å². The van der Waals surface area contributed by atoms with Crippen LogP contribution in [0.2, 0.25) is 0 Å². The van der Waals surface area contributed by atoms with Crippen molar-refractivity contribution >= 4 is 5.96 Å². The van der Waals surface area contributed by atoms with Gasteiger partial charge in [-0.2, -0.15) is 0 Å². The summed E-state index contributed by atoms with van der Waals surface area (Å²) in [5.41, 5.74) is 2.40. The van der Waals surface area contributed by atoms with E-state index in [4.69, 9.17) is 0 Å².